The Hall–Kier alpha value is -1.82. The van der Waals surface area contributed by atoms with Gasteiger partial charge in [0.25, 0.3) is 0 Å². The summed E-state index contributed by atoms with van der Waals surface area (Å²) in [5.74, 6) is 0.975. The van der Waals surface area contributed by atoms with E-state index < -0.39 is 0 Å². The number of nitrogens with zero attached hydrogens (tertiary/aromatic N) is 3. The fraction of sp³-hybridized carbons (Fsp3) is 0.529. The maximum absolute atomic E-state index is 11.5. The molecule has 0 bridgehead atoms. The Morgan fingerprint density at radius 1 is 1.39 bits per heavy atom. The quantitative estimate of drug-likeness (QED) is 0.866. The van der Waals surface area contributed by atoms with Gasteiger partial charge >= 0.3 is 0 Å². The monoisotopic (exact) mass is 333 g/mol. The van der Waals surface area contributed by atoms with Gasteiger partial charge in [-0.05, 0) is 31.4 Å². The minimum Gasteiger partial charge on any atom is -0.494 e. The summed E-state index contributed by atoms with van der Waals surface area (Å²) >= 11 is 1.73. The highest BCUT2D eigenvalue weighted by atomic mass is 32.1. The molecule has 1 saturated heterocycles. The van der Waals surface area contributed by atoms with Gasteiger partial charge in [-0.15, -0.1) is 0 Å². The zero-order valence-electron chi connectivity index (χ0n) is 14.1. The smallest absolute Gasteiger partial charge is 0.219 e. The largest absolute Gasteiger partial charge is 0.494 e. The zero-order valence-corrected chi connectivity index (χ0v) is 14.9. The number of thiazole rings is 1. The molecule has 6 heteroatoms. The maximum Gasteiger partial charge on any atom is 0.219 e. The number of aromatic nitrogens is 1. The van der Waals surface area contributed by atoms with E-state index in [-0.39, 0.29) is 5.91 Å². The van der Waals surface area contributed by atoms with E-state index in [0.29, 0.717) is 6.04 Å². The summed E-state index contributed by atoms with van der Waals surface area (Å²) in [7, 11) is 3.58. The van der Waals surface area contributed by atoms with Crippen LogP contribution < -0.4 is 9.64 Å². The van der Waals surface area contributed by atoms with Crippen molar-refractivity contribution < 1.29 is 9.53 Å². The van der Waals surface area contributed by atoms with Crippen LogP contribution in [0.5, 0.6) is 5.75 Å². The number of fused-ring (bicyclic) bond motifs is 1. The van der Waals surface area contributed by atoms with Gasteiger partial charge in [0.15, 0.2) is 5.13 Å². The lowest BCUT2D eigenvalue weighted by atomic mass is 10.0. The van der Waals surface area contributed by atoms with Crippen molar-refractivity contribution in [1.29, 1.82) is 0 Å². The van der Waals surface area contributed by atoms with Crippen LogP contribution in [0.15, 0.2) is 12.1 Å². The summed E-state index contributed by atoms with van der Waals surface area (Å²) < 4.78 is 6.64. The third kappa shape index (κ3) is 3.00. The lowest BCUT2D eigenvalue weighted by Crippen LogP contribution is -2.45. The molecule has 2 aromatic rings. The van der Waals surface area contributed by atoms with Gasteiger partial charge in [0.2, 0.25) is 5.91 Å². The van der Waals surface area contributed by atoms with Gasteiger partial charge in [-0.25, -0.2) is 4.98 Å². The molecule has 1 aliphatic rings. The highest BCUT2D eigenvalue weighted by Gasteiger charge is 2.25. The Morgan fingerprint density at radius 2 is 2.09 bits per heavy atom. The number of hydrogen-bond acceptors (Lipinski definition) is 5. The number of rotatable bonds is 3. The van der Waals surface area contributed by atoms with E-state index in [0.717, 1.165) is 42.3 Å². The van der Waals surface area contributed by atoms with Crippen LogP contribution in [0.1, 0.15) is 25.3 Å². The number of carbonyl (C=O) groups excluding carboxylic acids is 1. The Kier molecular flexibility index (Phi) is 4.43. The van der Waals surface area contributed by atoms with E-state index >= 15 is 0 Å². The van der Waals surface area contributed by atoms with Crippen molar-refractivity contribution in [2.75, 3.05) is 32.1 Å². The number of anilines is 1. The molecular weight excluding hydrogens is 310 g/mol. The van der Waals surface area contributed by atoms with Crippen LogP contribution in [0, 0.1) is 6.92 Å². The number of aryl methyl sites for hydroxylation is 1. The predicted octanol–water partition coefficient (Wildman–Crippen LogP) is 3.06. The average molecular weight is 333 g/mol. The molecule has 1 fully saturated rings. The van der Waals surface area contributed by atoms with Gasteiger partial charge in [0.05, 0.1) is 11.8 Å². The lowest BCUT2D eigenvalue weighted by molar-refractivity contribution is -0.129. The first kappa shape index (κ1) is 16.1. The van der Waals surface area contributed by atoms with E-state index in [1.165, 1.54) is 10.3 Å². The minimum absolute atomic E-state index is 0.142. The van der Waals surface area contributed by atoms with Crippen LogP contribution in [0.25, 0.3) is 10.2 Å². The van der Waals surface area contributed by atoms with Gasteiger partial charge in [-0.1, -0.05) is 17.4 Å². The summed E-state index contributed by atoms with van der Waals surface area (Å²) in [4.78, 5) is 20.5. The number of methoxy groups -OCH3 is 1. The summed E-state index contributed by atoms with van der Waals surface area (Å²) in [5.41, 5.74) is 2.19. The van der Waals surface area contributed by atoms with Crippen LogP contribution in [-0.4, -0.2) is 49.1 Å². The molecule has 1 amide bonds. The average Bonchev–Trinajstić information content (AvgIpc) is 3.01. The lowest BCUT2D eigenvalue weighted by Gasteiger charge is -2.36. The SMILES string of the molecule is COc1ccc(C)c2sc(N3CCC(N(C)C(C)=O)CC3)nc12. The number of ether oxygens (including phenoxy) is 1. The van der Waals surface area contributed by atoms with Crippen molar-refractivity contribution in [3.05, 3.63) is 17.7 Å². The highest BCUT2D eigenvalue weighted by Crippen LogP contribution is 2.37. The number of benzene rings is 1. The minimum atomic E-state index is 0.142. The van der Waals surface area contributed by atoms with Crippen molar-refractivity contribution in [1.82, 2.24) is 9.88 Å². The normalized spacial score (nSPS) is 15.9. The molecule has 3 rings (SSSR count). The van der Waals surface area contributed by atoms with Crippen molar-refractivity contribution in [3.63, 3.8) is 0 Å². The molecule has 0 N–H and O–H groups in total. The van der Waals surface area contributed by atoms with E-state index in [1.54, 1.807) is 25.4 Å². The summed E-state index contributed by atoms with van der Waals surface area (Å²) in [6.07, 6.45) is 1.98. The molecular formula is C17H23N3O2S. The van der Waals surface area contributed by atoms with Crippen LogP contribution in [-0.2, 0) is 4.79 Å². The number of amides is 1. The number of hydrogen-bond donors (Lipinski definition) is 0. The van der Waals surface area contributed by atoms with E-state index in [9.17, 15) is 4.79 Å². The van der Waals surface area contributed by atoms with Crippen LogP contribution in [0.2, 0.25) is 0 Å². The summed E-state index contributed by atoms with van der Waals surface area (Å²) in [6.45, 7) is 5.61. The van der Waals surface area contributed by atoms with Gasteiger partial charge in [-0.3, -0.25) is 4.79 Å². The Morgan fingerprint density at radius 3 is 2.70 bits per heavy atom. The first-order valence-electron chi connectivity index (χ1n) is 7.93. The Balaban J connectivity index is 1.80. The summed E-state index contributed by atoms with van der Waals surface area (Å²) in [6, 6.07) is 4.40. The topological polar surface area (TPSA) is 45.7 Å². The third-order valence-corrected chi connectivity index (χ3v) is 5.94. The second-order valence-electron chi connectivity index (χ2n) is 6.11. The molecule has 124 valence electrons. The van der Waals surface area contributed by atoms with Crippen molar-refractivity contribution >= 4 is 32.6 Å². The molecule has 0 unspecified atom stereocenters. The predicted molar refractivity (Wildman–Crippen MR) is 94.6 cm³/mol. The molecule has 0 atom stereocenters. The van der Waals surface area contributed by atoms with Gasteiger partial charge in [0.1, 0.15) is 11.3 Å². The second kappa shape index (κ2) is 6.35. The standard InChI is InChI=1S/C17H23N3O2S/c1-11-5-6-14(22-4)15-16(11)23-17(18-15)20-9-7-13(8-10-20)19(3)12(2)21/h5-6,13H,7-10H2,1-4H3. The van der Waals surface area contributed by atoms with Gasteiger partial charge in [0, 0.05) is 33.1 Å². The van der Waals surface area contributed by atoms with E-state index in [4.69, 9.17) is 9.72 Å². The molecule has 0 saturated carbocycles. The Bertz CT molecular complexity index is 720. The second-order valence-corrected chi connectivity index (χ2v) is 7.08. The molecule has 1 aliphatic heterocycles. The fourth-order valence-electron chi connectivity index (χ4n) is 3.10. The number of carbonyl (C=O) groups is 1. The van der Waals surface area contributed by atoms with Gasteiger partial charge in [-0.2, -0.15) is 0 Å². The molecule has 0 radical (unpaired) electrons. The molecule has 2 heterocycles. The molecule has 5 nitrogen and oxygen atoms in total. The fourth-order valence-corrected chi connectivity index (χ4v) is 4.20. The summed E-state index contributed by atoms with van der Waals surface area (Å²) in [5, 5.41) is 1.05. The van der Waals surface area contributed by atoms with Crippen LogP contribution in [0.4, 0.5) is 5.13 Å². The van der Waals surface area contributed by atoms with E-state index in [2.05, 4.69) is 17.9 Å². The first-order chi connectivity index (χ1) is 11.0. The first-order valence-corrected chi connectivity index (χ1v) is 8.75. The van der Waals surface area contributed by atoms with Crippen molar-refractivity contribution in [2.45, 2.75) is 32.7 Å². The number of piperidine rings is 1. The van der Waals surface area contributed by atoms with Gasteiger partial charge < -0.3 is 14.5 Å². The van der Waals surface area contributed by atoms with E-state index in [1.807, 2.05) is 18.0 Å². The highest BCUT2D eigenvalue weighted by molar-refractivity contribution is 7.22. The third-order valence-electron chi connectivity index (χ3n) is 4.69. The molecule has 0 aliphatic carbocycles. The van der Waals surface area contributed by atoms with Crippen molar-refractivity contribution in [3.8, 4) is 5.75 Å². The van der Waals surface area contributed by atoms with Crippen molar-refractivity contribution in [2.24, 2.45) is 0 Å². The molecule has 1 aromatic heterocycles. The molecule has 0 spiro atoms. The molecule has 1 aromatic carbocycles. The maximum atomic E-state index is 11.5. The van der Waals surface area contributed by atoms with Crippen LogP contribution >= 0.6 is 11.3 Å². The zero-order chi connectivity index (χ0) is 16.6. The Labute approximate surface area is 140 Å². The molecule has 23 heavy (non-hydrogen) atoms. The van der Waals surface area contributed by atoms with Crippen LogP contribution in [0.3, 0.4) is 0 Å².